The largest absolute Gasteiger partial charge is 0.480 e. The number of aliphatic imine (C=N–C) groups is 1. The molecule has 2 aliphatic rings. The van der Waals surface area contributed by atoms with Crippen LogP contribution in [-0.2, 0) is 4.79 Å². The van der Waals surface area contributed by atoms with E-state index >= 15 is 0 Å². The van der Waals surface area contributed by atoms with Crippen molar-refractivity contribution in [1.29, 1.82) is 0 Å². The Morgan fingerprint density at radius 2 is 1.97 bits per heavy atom. The Morgan fingerprint density at radius 1 is 1.22 bits per heavy atom. The standard InChI is InChI=1S/C28H42N2O2/c1-20(12-16-25-21(2)9-8-17-28(25,4)5)11-13-23-14-15-24(22(23)3)19-30-18-7-6-10-26(29)27(31)32/h11-13,16,19,26H,6-10,14-15,17-18,29H2,1-5H3,(H,31,32)/b16-12+,20-11+,23-13+,30-19?/t26-/m0/s1. The molecule has 2 rings (SSSR count). The fourth-order valence-electron chi connectivity index (χ4n) is 4.60. The maximum absolute atomic E-state index is 10.7. The van der Waals surface area contributed by atoms with Crippen LogP contribution >= 0.6 is 0 Å². The Balaban J connectivity index is 1.91. The van der Waals surface area contributed by atoms with Crippen LogP contribution in [0.4, 0.5) is 0 Å². The number of nitrogens with two attached hydrogens (primary N) is 1. The first-order chi connectivity index (χ1) is 15.1. The molecule has 3 N–H and O–H groups in total. The van der Waals surface area contributed by atoms with E-state index in [9.17, 15) is 4.79 Å². The molecular weight excluding hydrogens is 396 g/mol. The molecule has 0 heterocycles. The minimum absolute atomic E-state index is 0.277. The zero-order chi connectivity index (χ0) is 23.7. The number of hydrogen-bond acceptors (Lipinski definition) is 3. The normalized spacial score (nSPS) is 22.1. The van der Waals surface area contributed by atoms with Crippen molar-refractivity contribution in [2.45, 2.75) is 92.0 Å². The number of allylic oxidation sites excluding steroid dienone is 10. The van der Waals surface area contributed by atoms with Crippen LogP contribution in [0.5, 0.6) is 0 Å². The molecule has 0 unspecified atom stereocenters. The van der Waals surface area contributed by atoms with Gasteiger partial charge in [-0.05, 0) is 99.8 Å². The highest BCUT2D eigenvalue weighted by molar-refractivity contribution is 5.82. The second-order valence-corrected chi connectivity index (χ2v) is 9.99. The van der Waals surface area contributed by atoms with Gasteiger partial charge in [-0.3, -0.25) is 9.79 Å². The first-order valence-electron chi connectivity index (χ1n) is 12.1. The van der Waals surface area contributed by atoms with Crippen molar-refractivity contribution in [3.8, 4) is 0 Å². The first kappa shape index (κ1) is 26.1. The highest BCUT2D eigenvalue weighted by Crippen LogP contribution is 2.40. The molecule has 0 saturated heterocycles. The summed E-state index contributed by atoms with van der Waals surface area (Å²) in [5, 5.41) is 8.81. The lowest BCUT2D eigenvalue weighted by Gasteiger charge is -2.32. The third-order valence-corrected chi connectivity index (χ3v) is 6.85. The lowest BCUT2D eigenvalue weighted by Crippen LogP contribution is -2.29. The van der Waals surface area contributed by atoms with Gasteiger partial charge in [-0.25, -0.2) is 0 Å². The van der Waals surface area contributed by atoms with Crippen LogP contribution in [0.1, 0.15) is 86.0 Å². The molecule has 4 heteroatoms. The predicted octanol–water partition coefficient (Wildman–Crippen LogP) is 6.71. The average molecular weight is 439 g/mol. The molecule has 0 spiro atoms. The van der Waals surface area contributed by atoms with Gasteiger partial charge < -0.3 is 10.8 Å². The van der Waals surface area contributed by atoms with Gasteiger partial charge in [0, 0.05) is 12.8 Å². The number of nitrogens with zero attached hydrogens (tertiary/aromatic N) is 1. The topological polar surface area (TPSA) is 75.7 Å². The van der Waals surface area contributed by atoms with E-state index in [1.165, 1.54) is 52.7 Å². The second-order valence-electron chi connectivity index (χ2n) is 9.99. The van der Waals surface area contributed by atoms with E-state index in [1.807, 2.05) is 6.21 Å². The first-order valence-corrected chi connectivity index (χ1v) is 12.1. The molecule has 176 valence electrons. The number of carbonyl (C=O) groups is 1. The van der Waals surface area contributed by atoms with E-state index in [0.29, 0.717) is 6.42 Å². The van der Waals surface area contributed by atoms with E-state index in [4.69, 9.17) is 10.8 Å². The maximum atomic E-state index is 10.7. The number of unbranched alkanes of at least 4 members (excludes halogenated alkanes) is 1. The summed E-state index contributed by atoms with van der Waals surface area (Å²) >= 11 is 0. The highest BCUT2D eigenvalue weighted by atomic mass is 16.4. The Labute approximate surface area is 194 Å². The van der Waals surface area contributed by atoms with Crippen LogP contribution in [0.15, 0.2) is 62.7 Å². The van der Waals surface area contributed by atoms with Gasteiger partial charge in [-0.1, -0.05) is 49.3 Å². The van der Waals surface area contributed by atoms with Crippen molar-refractivity contribution in [2.24, 2.45) is 16.1 Å². The van der Waals surface area contributed by atoms with Gasteiger partial charge >= 0.3 is 5.97 Å². The van der Waals surface area contributed by atoms with Crippen LogP contribution in [0.2, 0.25) is 0 Å². The van der Waals surface area contributed by atoms with Crippen LogP contribution < -0.4 is 5.73 Å². The molecule has 2 aliphatic carbocycles. The number of aliphatic carboxylic acids is 1. The van der Waals surface area contributed by atoms with Crippen LogP contribution in [0.25, 0.3) is 0 Å². The quantitative estimate of drug-likeness (QED) is 0.226. The maximum Gasteiger partial charge on any atom is 0.320 e. The van der Waals surface area contributed by atoms with E-state index in [-0.39, 0.29) is 5.41 Å². The number of hydrogen-bond donors (Lipinski definition) is 2. The van der Waals surface area contributed by atoms with Gasteiger partial charge in [0.05, 0.1) is 0 Å². The molecule has 0 aliphatic heterocycles. The fourth-order valence-corrected chi connectivity index (χ4v) is 4.60. The van der Waals surface area contributed by atoms with Crippen molar-refractivity contribution in [3.63, 3.8) is 0 Å². The third kappa shape index (κ3) is 7.74. The molecule has 0 bridgehead atoms. The summed E-state index contributed by atoms with van der Waals surface area (Å²) in [6.07, 6.45) is 19.1. The van der Waals surface area contributed by atoms with Gasteiger partial charge in [-0.2, -0.15) is 0 Å². The summed E-state index contributed by atoms with van der Waals surface area (Å²) in [6, 6.07) is -0.757. The number of rotatable bonds is 10. The van der Waals surface area contributed by atoms with Crippen molar-refractivity contribution < 1.29 is 9.90 Å². The van der Waals surface area contributed by atoms with E-state index in [1.54, 1.807) is 0 Å². The molecule has 0 saturated carbocycles. The molecule has 4 nitrogen and oxygen atoms in total. The zero-order valence-corrected chi connectivity index (χ0v) is 20.7. The van der Waals surface area contributed by atoms with Gasteiger partial charge in [0.25, 0.3) is 0 Å². The molecule has 0 fully saturated rings. The van der Waals surface area contributed by atoms with Gasteiger partial charge in [0.2, 0.25) is 0 Å². The van der Waals surface area contributed by atoms with Crippen molar-refractivity contribution >= 4 is 12.2 Å². The summed E-state index contributed by atoms with van der Waals surface area (Å²) in [4.78, 5) is 15.3. The summed E-state index contributed by atoms with van der Waals surface area (Å²) in [6.45, 7) is 12.1. The van der Waals surface area contributed by atoms with Crippen LogP contribution in [0.3, 0.4) is 0 Å². The Hall–Kier alpha value is -2.20. The molecule has 0 aromatic rings. The summed E-state index contributed by atoms with van der Waals surface area (Å²) in [5.74, 6) is -0.927. The van der Waals surface area contributed by atoms with E-state index < -0.39 is 12.0 Å². The lowest BCUT2D eigenvalue weighted by molar-refractivity contribution is -0.138. The van der Waals surface area contributed by atoms with Crippen molar-refractivity contribution in [2.75, 3.05) is 6.54 Å². The van der Waals surface area contributed by atoms with E-state index in [0.717, 1.165) is 32.2 Å². The van der Waals surface area contributed by atoms with Gasteiger partial charge in [0.1, 0.15) is 6.04 Å². The molecule has 0 aromatic carbocycles. The van der Waals surface area contributed by atoms with Crippen LogP contribution in [-0.4, -0.2) is 29.9 Å². The molecule has 0 aromatic heterocycles. The third-order valence-electron chi connectivity index (χ3n) is 6.85. The smallest absolute Gasteiger partial charge is 0.320 e. The van der Waals surface area contributed by atoms with E-state index in [2.05, 4.69) is 63.9 Å². The van der Waals surface area contributed by atoms with Gasteiger partial charge in [0.15, 0.2) is 0 Å². The molecular formula is C28H42N2O2. The SMILES string of the molecule is CC1=C(/C=C/C(C)=C/C=C2\CCC(C=NCCCC[C@H](N)C(=O)O)=C2C)C(C)(C)CCC1. The monoisotopic (exact) mass is 438 g/mol. The molecule has 0 radical (unpaired) electrons. The van der Waals surface area contributed by atoms with Crippen LogP contribution in [0, 0.1) is 5.41 Å². The molecule has 1 atom stereocenters. The summed E-state index contributed by atoms with van der Waals surface area (Å²) in [7, 11) is 0. The fraction of sp³-hybridized carbons (Fsp3) is 0.571. The Kier molecular flexibility index (Phi) is 9.89. The minimum atomic E-state index is -0.927. The van der Waals surface area contributed by atoms with Crippen molar-refractivity contribution in [3.05, 3.63) is 57.7 Å². The molecule has 0 amide bonds. The van der Waals surface area contributed by atoms with Crippen molar-refractivity contribution in [1.82, 2.24) is 0 Å². The predicted molar refractivity (Wildman–Crippen MR) is 136 cm³/mol. The minimum Gasteiger partial charge on any atom is -0.480 e. The number of carboxylic acid groups (broad SMARTS) is 1. The highest BCUT2D eigenvalue weighted by Gasteiger charge is 2.26. The Bertz CT molecular complexity index is 866. The Morgan fingerprint density at radius 3 is 2.66 bits per heavy atom. The zero-order valence-electron chi connectivity index (χ0n) is 20.7. The number of carboxylic acids is 1. The molecule has 32 heavy (non-hydrogen) atoms. The van der Waals surface area contributed by atoms with Gasteiger partial charge in [-0.15, -0.1) is 0 Å². The summed E-state index contributed by atoms with van der Waals surface area (Å²) < 4.78 is 0. The summed E-state index contributed by atoms with van der Waals surface area (Å²) in [5.41, 5.74) is 14.1. The average Bonchev–Trinajstić information content (AvgIpc) is 3.07. The lowest BCUT2D eigenvalue weighted by atomic mass is 9.72. The second kappa shape index (κ2) is 12.2.